The summed E-state index contributed by atoms with van der Waals surface area (Å²) >= 11 is 0. The van der Waals surface area contributed by atoms with Crippen molar-refractivity contribution in [2.24, 2.45) is 28.6 Å². The number of hydrogen-bond acceptors (Lipinski definition) is 1. The van der Waals surface area contributed by atoms with E-state index in [1.165, 1.54) is 32.1 Å². The molecule has 4 bridgehead atoms. The van der Waals surface area contributed by atoms with E-state index in [-0.39, 0.29) is 6.47 Å². The average molecular weight is 318 g/mol. The van der Waals surface area contributed by atoms with Crippen LogP contribution in [-0.2, 0) is 4.79 Å². The minimum atomic E-state index is -3.67. The molecule has 0 heterocycles. The molecule has 0 saturated heterocycles. The van der Waals surface area contributed by atoms with Gasteiger partial charge in [0, 0.05) is 0 Å². The highest BCUT2D eigenvalue weighted by atomic mass is 19.4. The first-order valence-corrected chi connectivity index (χ1v) is 7.81. The van der Waals surface area contributed by atoms with Crippen LogP contribution >= 0.6 is 0 Å². The normalized spacial score (nSPS) is 37.2. The van der Waals surface area contributed by atoms with Crippen LogP contribution in [0.4, 0.5) is 12.9 Å². The van der Waals surface area contributed by atoms with Crippen molar-refractivity contribution in [1.82, 2.24) is 0 Å². The molecule has 2 nitrogen and oxygen atoms in total. The Hall–Kier alpha value is -0.935. The molecule has 3 saturated carbocycles. The summed E-state index contributed by atoms with van der Waals surface area (Å²) in [4.78, 5) is 8.36. The lowest BCUT2D eigenvalue weighted by atomic mass is 9.69. The van der Waals surface area contributed by atoms with Gasteiger partial charge in [-0.3, -0.25) is 17.7 Å². The minimum absolute atomic E-state index is 0.250. The molecular formula is C16H26BF3O2. The summed E-state index contributed by atoms with van der Waals surface area (Å²) < 4.78 is 29.0. The molecule has 0 unspecified atom stereocenters. The van der Waals surface area contributed by atoms with Gasteiger partial charge in [-0.2, -0.15) is 0 Å². The van der Waals surface area contributed by atoms with E-state index in [0.29, 0.717) is 10.8 Å². The van der Waals surface area contributed by atoms with Gasteiger partial charge in [0.05, 0.1) is 0 Å². The summed E-state index contributed by atoms with van der Waals surface area (Å²) in [5.74, 6) is 2.79. The summed E-state index contributed by atoms with van der Waals surface area (Å²) in [5.41, 5.74) is 2.71. The molecule has 4 atom stereocenters. The molecule has 0 aromatic heterocycles. The van der Waals surface area contributed by atoms with E-state index in [9.17, 15) is 12.9 Å². The number of halogens is 3. The quantitative estimate of drug-likeness (QED) is 0.388. The molecule has 0 aromatic carbocycles. The van der Waals surface area contributed by atoms with Gasteiger partial charge >= 0.3 is 7.54 Å². The van der Waals surface area contributed by atoms with E-state index in [1.54, 1.807) is 5.57 Å². The summed E-state index contributed by atoms with van der Waals surface area (Å²) in [5, 5.41) is 6.89. The molecule has 0 aliphatic heterocycles. The van der Waals surface area contributed by atoms with Crippen molar-refractivity contribution >= 4 is 14.0 Å². The van der Waals surface area contributed by atoms with E-state index >= 15 is 0 Å². The van der Waals surface area contributed by atoms with Crippen LogP contribution in [-0.4, -0.2) is 19.1 Å². The monoisotopic (exact) mass is 318 g/mol. The largest absolute Gasteiger partial charge is 0.762 e. The lowest BCUT2D eigenvalue weighted by Crippen LogP contribution is -2.28. The highest BCUT2D eigenvalue weighted by molar-refractivity contribution is 6.33. The van der Waals surface area contributed by atoms with Crippen LogP contribution in [0.5, 0.6) is 0 Å². The van der Waals surface area contributed by atoms with Gasteiger partial charge in [-0.05, 0) is 54.3 Å². The Labute approximate surface area is 131 Å². The Morgan fingerprint density at radius 2 is 1.73 bits per heavy atom. The highest BCUT2D eigenvalue weighted by Crippen LogP contribution is 2.70. The maximum Gasteiger partial charge on any atom is 0.762 e. The van der Waals surface area contributed by atoms with Crippen LogP contribution in [0, 0.1) is 28.6 Å². The first kappa shape index (κ1) is 19.1. The van der Waals surface area contributed by atoms with Gasteiger partial charge in [0.1, 0.15) is 0 Å². The standard InChI is InChI=1S/C15H24.CH2O2.BF3/c1-10-11-6-7-12-13(11)14(2,3)8-5-9-15(10,12)4;2-1-3;2-1(3)4/h11-13H,1,5-9H2,2-4H3;1H,(H,2,3);/t11-,12-,13-,15-;;/m1../s1. The molecule has 22 heavy (non-hydrogen) atoms. The Kier molecular flexibility index (Phi) is 6.16. The van der Waals surface area contributed by atoms with Crippen LogP contribution in [0.2, 0.25) is 0 Å². The first-order valence-electron chi connectivity index (χ1n) is 7.81. The number of carboxylic acid groups (broad SMARTS) is 1. The predicted molar refractivity (Wildman–Crippen MR) is 82.4 cm³/mol. The summed E-state index contributed by atoms with van der Waals surface area (Å²) in [6.45, 7) is 11.7. The van der Waals surface area contributed by atoms with E-state index in [4.69, 9.17) is 9.90 Å². The molecule has 1 N–H and O–H groups in total. The molecule has 6 heteroatoms. The molecule has 126 valence electrons. The Bertz CT molecular complexity index is 411. The zero-order valence-electron chi connectivity index (χ0n) is 13.6. The number of carbonyl (C=O) groups is 1. The second-order valence-corrected chi connectivity index (χ2v) is 7.45. The van der Waals surface area contributed by atoms with Gasteiger partial charge in [0.15, 0.2) is 0 Å². The highest BCUT2D eigenvalue weighted by Gasteiger charge is 2.61. The second-order valence-electron chi connectivity index (χ2n) is 7.45. The van der Waals surface area contributed by atoms with Gasteiger partial charge < -0.3 is 5.11 Å². The Morgan fingerprint density at radius 3 is 2.23 bits per heavy atom. The number of rotatable bonds is 0. The van der Waals surface area contributed by atoms with Crippen LogP contribution in [0.25, 0.3) is 0 Å². The third kappa shape index (κ3) is 3.52. The van der Waals surface area contributed by atoms with Crippen molar-refractivity contribution in [3.8, 4) is 0 Å². The smallest absolute Gasteiger partial charge is 0.483 e. The van der Waals surface area contributed by atoms with Crippen molar-refractivity contribution in [2.75, 3.05) is 0 Å². The SMILES string of the molecule is C=C1[C@H]2CC[C@@H]3[C@@H]2C(C)(C)CCC[C@]13C.FB(F)F.O=CO. The Morgan fingerprint density at radius 1 is 1.23 bits per heavy atom. The van der Waals surface area contributed by atoms with E-state index < -0.39 is 7.54 Å². The molecule has 0 aromatic rings. The van der Waals surface area contributed by atoms with Crippen molar-refractivity contribution in [2.45, 2.75) is 52.9 Å². The summed E-state index contributed by atoms with van der Waals surface area (Å²) in [6.07, 6.45) is 7.18. The second kappa shape index (κ2) is 7.09. The van der Waals surface area contributed by atoms with E-state index in [0.717, 1.165) is 17.8 Å². The van der Waals surface area contributed by atoms with Gasteiger partial charge in [-0.15, -0.1) is 0 Å². The fourth-order valence-electron chi connectivity index (χ4n) is 5.28. The van der Waals surface area contributed by atoms with Crippen molar-refractivity contribution in [1.29, 1.82) is 0 Å². The van der Waals surface area contributed by atoms with Crippen LogP contribution in [0.3, 0.4) is 0 Å². The van der Waals surface area contributed by atoms with Crippen LogP contribution < -0.4 is 0 Å². The maximum absolute atomic E-state index is 9.67. The van der Waals surface area contributed by atoms with Gasteiger partial charge in [-0.25, -0.2) is 0 Å². The van der Waals surface area contributed by atoms with Crippen molar-refractivity contribution in [3.05, 3.63) is 12.2 Å². The fourth-order valence-corrected chi connectivity index (χ4v) is 5.28. The first-order chi connectivity index (χ1) is 10.1. The van der Waals surface area contributed by atoms with Gasteiger partial charge in [0.25, 0.3) is 6.47 Å². The molecule has 3 aliphatic rings. The number of hydrogen-bond donors (Lipinski definition) is 1. The maximum atomic E-state index is 9.67. The van der Waals surface area contributed by atoms with Gasteiger partial charge in [0.2, 0.25) is 0 Å². The molecule has 3 rings (SSSR count). The molecule has 3 aliphatic carbocycles. The molecule has 3 fully saturated rings. The molecule has 0 radical (unpaired) electrons. The van der Waals surface area contributed by atoms with Crippen molar-refractivity contribution < 1.29 is 22.8 Å². The lowest BCUT2D eigenvalue weighted by Gasteiger charge is -2.35. The van der Waals surface area contributed by atoms with Crippen molar-refractivity contribution in [3.63, 3.8) is 0 Å². The molecular weight excluding hydrogens is 292 g/mol. The lowest BCUT2D eigenvalue weighted by molar-refractivity contribution is -0.122. The predicted octanol–water partition coefficient (Wildman–Crippen LogP) is 5.00. The molecule has 0 amide bonds. The Balaban J connectivity index is 0.000000297. The zero-order valence-corrected chi connectivity index (χ0v) is 13.6. The van der Waals surface area contributed by atoms with Crippen LogP contribution in [0.15, 0.2) is 12.2 Å². The minimum Gasteiger partial charge on any atom is -0.483 e. The van der Waals surface area contributed by atoms with Gasteiger partial charge in [-0.1, -0.05) is 39.3 Å². The molecule has 0 spiro atoms. The third-order valence-corrected chi connectivity index (χ3v) is 6.07. The summed E-state index contributed by atoms with van der Waals surface area (Å²) in [6, 6.07) is 0. The third-order valence-electron chi connectivity index (χ3n) is 6.07. The van der Waals surface area contributed by atoms with E-state index in [1.807, 2.05) is 0 Å². The van der Waals surface area contributed by atoms with Crippen LogP contribution in [0.1, 0.15) is 52.9 Å². The summed E-state index contributed by atoms with van der Waals surface area (Å²) in [7, 11) is -3.67. The van der Waals surface area contributed by atoms with E-state index in [2.05, 4.69) is 27.4 Å². The zero-order chi connectivity index (χ0) is 17.1. The average Bonchev–Trinajstić information content (AvgIpc) is 2.86. The fraction of sp³-hybridized carbons (Fsp3) is 0.812. The number of allylic oxidation sites excluding steroid dienone is 1. The topological polar surface area (TPSA) is 37.3 Å².